The fourth-order valence-electron chi connectivity index (χ4n) is 3.81. The molecule has 1 aromatic rings. The SMILES string of the molecule is CC(=O)N1c2ccc(S(=O)(=O)NCC3(C)CCNCC3)cc2CC1C. The highest BCUT2D eigenvalue weighted by Gasteiger charge is 2.32. The molecule has 1 atom stereocenters. The minimum Gasteiger partial charge on any atom is -0.317 e. The molecule has 25 heavy (non-hydrogen) atoms. The van der Waals surface area contributed by atoms with Gasteiger partial charge in [-0.2, -0.15) is 0 Å². The van der Waals surface area contributed by atoms with Gasteiger partial charge in [-0.1, -0.05) is 6.92 Å². The molecule has 138 valence electrons. The van der Waals surface area contributed by atoms with Gasteiger partial charge in [-0.25, -0.2) is 13.1 Å². The molecule has 7 heteroatoms. The highest BCUT2D eigenvalue weighted by atomic mass is 32.2. The molecule has 0 bridgehead atoms. The van der Waals surface area contributed by atoms with Crippen molar-refractivity contribution in [1.29, 1.82) is 0 Å². The Morgan fingerprint density at radius 1 is 1.36 bits per heavy atom. The van der Waals surface area contributed by atoms with Crippen molar-refractivity contribution in [2.75, 3.05) is 24.5 Å². The number of sulfonamides is 1. The summed E-state index contributed by atoms with van der Waals surface area (Å²) in [6.07, 6.45) is 2.61. The molecule has 0 saturated carbocycles. The number of nitrogens with zero attached hydrogens (tertiary/aromatic N) is 1. The summed E-state index contributed by atoms with van der Waals surface area (Å²) in [6, 6.07) is 5.12. The summed E-state index contributed by atoms with van der Waals surface area (Å²) in [5.41, 5.74) is 1.73. The second-order valence-corrected chi connectivity index (χ2v) is 9.38. The maximum absolute atomic E-state index is 12.7. The summed E-state index contributed by atoms with van der Waals surface area (Å²) in [7, 11) is -3.55. The number of piperidine rings is 1. The standard InChI is InChI=1S/C18H27N3O3S/c1-13-10-15-11-16(4-5-17(15)21(13)14(2)22)25(23,24)20-12-18(3)6-8-19-9-7-18/h4-5,11,13,19-20H,6-10,12H2,1-3H3. The van der Waals surface area contributed by atoms with E-state index in [0.29, 0.717) is 13.0 Å². The summed E-state index contributed by atoms with van der Waals surface area (Å²) in [5.74, 6) is -0.0150. The Hall–Kier alpha value is -1.44. The van der Waals surface area contributed by atoms with Crippen LogP contribution in [0.15, 0.2) is 23.1 Å². The molecule has 2 heterocycles. The van der Waals surface area contributed by atoms with Gasteiger partial charge in [0.1, 0.15) is 0 Å². The van der Waals surface area contributed by atoms with Crippen molar-refractivity contribution < 1.29 is 13.2 Å². The van der Waals surface area contributed by atoms with Gasteiger partial charge in [-0.3, -0.25) is 4.79 Å². The molecule has 0 aliphatic carbocycles. The first-order valence-corrected chi connectivity index (χ1v) is 10.3. The topological polar surface area (TPSA) is 78.5 Å². The van der Waals surface area contributed by atoms with Crippen LogP contribution < -0.4 is 14.9 Å². The first-order chi connectivity index (χ1) is 11.7. The summed E-state index contributed by atoms with van der Waals surface area (Å²) >= 11 is 0. The van der Waals surface area contributed by atoms with E-state index in [2.05, 4.69) is 17.0 Å². The van der Waals surface area contributed by atoms with Gasteiger partial charge in [0.2, 0.25) is 15.9 Å². The zero-order valence-corrected chi connectivity index (χ0v) is 15.9. The zero-order valence-electron chi connectivity index (χ0n) is 15.1. The maximum Gasteiger partial charge on any atom is 0.240 e. The highest BCUT2D eigenvalue weighted by Crippen LogP contribution is 2.34. The number of nitrogens with one attached hydrogen (secondary N) is 2. The second kappa shape index (κ2) is 6.70. The molecule has 6 nitrogen and oxygen atoms in total. The lowest BCUT2D eigenvalue weighted by atomic mass is 9.81. The molecule has 3 rings (SSSR count). The largest absolute Gasteiger partial charge is 0.317 e. The minimum atomic E-state index is -3.55. The molecule has 1 amide bonds. The molecule has 1 saturated heterocycles. The number of rotatable bonds is 4. The molecule has 0 radical (unpaired) electrons. The molecule has 2 aliphatic heterocycles. The minimum absolute atomic E-state index is 0.00497. The Bertz CT molecular complexity index is 770. The third-order valence-corrected chi connectivity index (χ3v) is 6.81. The molecular formula is C18H27N3O3S. The molecule has 2 aliphatic rings. The summed E-state index contributed by atoms with van der Waals surface area (Å²) in [6.45, 7) is 7.95. The van der Waals surface area contributed by atoms with E-state index in [1.54, 1.807) is 23.1 Å². The number of carbonyl (C=O) groups excluding carboxylic acids is 1. The van der Waals surface area contributed by atoms with E-state index >= 15 is 0 Å². The van der Waals surface area contributed by atoms with Crippen molar-refractivity contribution in [3.8, 4) is 0 Å². The van der Waals surface area contributed by atoms with Crippen molar-refractivity contribution in [2.45, 2.75) is 51.0 Å². The Morgan fingerprint density at radius 3 is 2.68 bits per heavy atom. The smallest absolute Gasteiger partial charge is 0.240 e. The summed E-state index contributed by atoms with van der Waals surface area (Å²) in [5, 5.41) is 3.30. The Balaban J connectivity index is 1.77. The molecule has 1 fully saturated rings. The van der Waals surface area contributed by atoms with Crippen LogP contribution in [0.3, 0.4) is 0 Å². The lowest BCUT2D eigenvalue weighted by Gasteiger charge is -2.34. The van der Waals surface area contributed by atoms with Crippen LogP contribution in [0.2, 0.25) is 0 Å². The number of hydrogen-bond donors (Lipinski definition) is 2. The molecule has 1 unspecified atom stereocenters. The van der Waals surface area contributed by atoms with Crippen LogP contribution >= 0.6 is 0 Å². The number of benzene rings is 1. The third-order valence-electron chi connectivity index (χ3n) is 5.42. The van der Waals surface area contributed by atoms with Crippen LogP contribution in [0.25, 0.3) is 0 Å². The predicted molar refractivity (Wildman–Crippen MR) is 98.2 cm³/mol. The molecule has 0 spiro atoms. The predicted octanol–water partition coefficient (Wildman–Crippen LogP) is 1.65. The molecule has 1 aromatic carbocycles. The van der Waals surface area contributed by atoms with Crippen molar-refractivity contribution in [2.24, 2.45) is 5.41 Å². The Kier molecular flexibility index (Phi) is 4.92. The number of amides is 1. The van der Waals surface area contributed by atoms with Crippen molar-refractivity contribution >= 4 is 21.6 Å². The van der Waals surface area contributed by atoms with Crippen LogP contribution in [-0.4, -0.2) is 40.0 Å². The van der Waals surface area contributed by atoms with E-state index in [9.17, 15) is 13.2 Å². The first kappa shape index (κ1) is 18.4. The van der Waals surface area contributed by atoms with Crippen LogP contribution in [0.5, 0.6) is 0 Å². The van der Waals surface area contributed by atoms with Crippen LogP contribution in [-0.2, 0) is 21.2 Å². The van der Waals surface area contributed by atoms with E-state index in [-0.39, 0.29) is 22.3 Å². The van der Waals surface area contributed by atoms with Gasteiger partial charge in [0, 0.05) is 25.2 Å². The number of carbonyl (C=O) groups is 1. The Labute approximate surface area is 150 Å². The average molecular weight is 365 g/mol. The monoisotopic (exact) mass is 365 g/mol. The maximum atomic E-state index is 12.7. The molecule has 0 aromatic heterocycles. The lowest BCUT2D eigenvalue weighted by Crippen LogP contribution is -2.42. The van der Waals surface area contributed by atoms with Gasteiger partial charge in [0.15, 0.2) is 0 Å². The van der Waals surface area contributed by atoms with Crippen LogP contribution in [0.4, 0.5) is 5.69 Å². The number of anilines is 1. The average Bonchev–Trinajstić information content (AvgIpc) is 2.89. The number of hydrogen-bond acceptors (Lipinski definition) is 4. The second-order valence-electron chi connectivity index (χ2n) is 7.62. The van der Waals surface area contributed by atoms with Crippen LogP contribution in [0.1, 0.15) is 39.2 Å². The van der Waals surface area contributed by atoms with E-state index in [4.69, 9.17) is 0 Å². The van der Waals surface area contributed by atoms with Gasteiger partial charge < -0.3 is 10.2 Å². The number of fused-ring (bicyclic) bond motifs is 1. The zero-order chi connectivity index (χ0) is 18.2. The first-order valence-electron chi connectivity index (χ1n) is 8.85. The Morgan fingerprint density at radius 2 is 2.04 bits per heavy atom. The van der Waals surface area contributed by atoms with Gasteiger partial charge in [0.25, 0.3) is 0 Å². The van der Waals surface area contributed by atoms with E-state index in [1.807, 2.05) is 6.92 Å². The van der Waals surface area contributed by atoms with Crippen LogP contribution in [0, 0.1) is 5.41 Å². The summed E-state index contributed by atoms with van der Waals surface area (Å²) < 4.78 is 28.2. The van der Waals surface area contributed by atoms with Gasteiger partial charge in [-0.05, 0) is 68.5 Å². The van der Waals surface area contributed by atoms with Crippen molar-refractivity contribution in [3.63, 3.8) is 0 Å². The molecule has 2 N–H and O–H groups in total. The quantitative estimate of drug-likeness (QED) is 0.850. The van der Waals surface area contributed by atoms with E-state index in [1.165, 1.54) is 6.92 Å². The van der Waals surface area contributed by atoms with Crippen molar-refractivity contribution in [1.82, 2.24) is 10.0 Å². The molecular weight excluding hydrogens is 338 g/mol. The third kappa shape index (κ3) is 3.73. The van der Waals surface area contributed by atoms with Gasteiger partial charge >= 0.3 is 0 Å². The van der Waals surface area contributed by atoms with Gasteiger partial charge in [-0.15, -0.1) is 0 Å². The fraction of sp³-hybridized carbons (Fsp3) is 0.611. The summed E-state index contributed by atoms with van der Waals surface area (Å²) in [4.78, 5) is 13.8. The van der Waals surface area contributed by atoms with E-state index < -0.39 is 10.0 Å². The normalized spacial score (nSPS) is 22.7. The van der Waals surface area contributed by atoms with E-state index in [0.717, 1.165) is 37.2 Å². The van der Waals surface area contributed by atoms with Crippen molar-refractivity contribution in [3.05, 3.63) is 23.8 Å². The highest BCUT2D eigenvalue weighted by molar-refractivity contribution is 7.89. The fourth-order valence-corrected chi connectivity index (χ4v) is 5.06. The van der Waals surface area contributed by atoms with Gasteiger partial charge in [0.05, 0.1) is 4.90 Å². The lowest BCUT2D eigenvalue weighted by molar-refractivity contribution is -0.116.